The number of amides is 3. The Bertz CT molecular complexity index is 973. The molecule has 0 aromatic carbocycles. The highest BCUT2D eigenvalue weighted by Crippen LogP contribution is 2.30. The first-order valence-electron chi connectivity index (χ1n) is 15.8. The van der Waals surface area contributed by atoms with Crippen LogP contribution in [0, 0.1) is 17.8 Å². The molecule has 9 heteroatoms. The summed E-state index contributed by atoms with van der Waals surface area (Å²) < 4.78 is 5.50. The normalized spacial score (nSPS) is 23.6. The summed E-state index contributed by atoms with van der Waals surface area (Å²) >= 11 is 0. The summed E-state index contributed by atoms with van der Waals surface area (Å²) in [6, 6.07) is -1.54. The SMILES string of the molecule is CC(=C[C@H](C(C)C)N(C)C(=O)[C@@H](NC(=O)C1CCCCN1C(C)C)C(C)C)C(=O)N1CCC[C@H]1C(=O)OCC1CC1. The zero-order chi connectivity index (χ0) is 30.4. The molecule has 3 aliphatic rings. The maximum atomic E-state index is 13.9. The van der Waals surface area contributed by atoms with E-state index in [-0.39, 0.29) is 53.7 Å². The monoisotopic (exact) mass is 574 g/mol. The zero-order valence-corrected chi connectivity index (χ0v) is 26.7. The summed E-state index contributed by atoms with van der Waals surface area (Å²) in [6.07, 6.45) is 8.30. The maximum absolute atomic E-state index is 13.9. The van der Waals surface area contributed by atoms with E-state index in [9.17, 15) is 19.2 Å². The first-order valence-corrected chi connectivity index (χ1v) is 15.8. The van der Waals surface area contributed by atoms with Gasteiger partial charge in [0.25, 0.3) is 0 Å². The van der Waals surface area contributed by atoms with E-state index < -0.39 is 12.1 Å². The minimum absolute atomic E-state index is 0.0304. The number of rotatable bonds is 12. The van der Waals surface area contributed by atoms with E-state index in [4.69, 9.17) is 4.74 Å². The first-order chi connectivity index (χ1) is 19.3. The molecule has 0 aromatic heterocycles. The lowest BCUT2D eigenvalue weighted by atomic mass is 9.95. The Hall–Kier alpha value is -2.42. The average Bonchev–Trinajstić information content (AvgIpc) is 3.64. The Labute approximate surface area is 247 Å². The molecule has 3 amide bonds. The van der Waals surface area contributed by atoms with Crippen LogP contribution in [-0.2, 0) is 23.9 Å². The molecular formula is C32H54N4O5. The molecule has 2 aliphatic heterocycles. The van der Waals surface area contributed by atoms with Crippen molar-refractivity contribution in [2.24, 2.45) is 17.8 Å². The molecule has 41 heavy (non-hydrogen) atoms. The third kappa shape index (κ3) is 8.55. The van der Waals surface area contributed by atoms with Crippen LogP contribution >= 0.6 is 0 Å². The fourth-order valence-electron chi connectivity index (χ4n) is 6.12. The van der Waals surface area contributed by atoms with Crippen LogP contribution in [0.25, 0.3) is 0 Å². The molecule has 0 radical (unpaired) electrons. The molecule has 1 aliphatic carbocycles. The lowest BCUT2D eigenvalue weighted by Crippen LogP contribution is -2.58. The first kappa shape index (κ1) is 33.1. The van der Waals surface area contributed by atoms with E-state index in [1.165, 1.54) is 0 Å². The average molecular weight is 575 g/mol. The minimum atomic E-state index is -0.668. The fourth-order valence-corrected chi connectivity index (χ4v) is 6.12. The fraction of sp³-hybridized carbons (Fsp3) is 0.812. The van der Waals surface area contributed by atoms with E-state index in [1.54, 1.807) is 23.8 Å². The van der Waals surface area contributed by atoms with Gasteiger partial charge < -0.3 is 19.9 Å². The molecule has 2 saturated heterocycles. The van der Waals surface area contributed by atoms with Crippen molar-refractivity contribution in [1.82, 2.24) is 20.0 Å². The smallest absolute Gasteiger partial charge is 0.328 e. The molecule has 2 heterocycles. The number of ether oxygens (including phenoxy) is 1. The second-order valence-electron chi connectivity index (χ2n) is 13.3. The van der Waals surface area contributed by atoms with Crippen LogP contribution in [0.4, 0.5) is 0 Å². The molecule has 1 N–H and O–H groups in total. The maximum Gasteiger partial charge on any atom is 0.328 e. The standard InChI is InChI=1S/C32H54N4O5/c1-20(2)27(18-23(7)30(38)36-17-11-13-26(36)32(40)41-19-24-14-15-24)34(8)31(39)28(21(3)4)33-29(37)25-12-9-10-16-35(25)22(5)6/h18,20-22,24-28H,9-17,19H2,1-8H3,(H,33,37)/t25?,26-,27+,28-/m0/s1. The molecule has 4 atom stereocenters. The largest absolute Gasteiger partial charge is 0.464 e. The Balaban J connectivity index is 1.71. The number of likely N-dealkylation sites (tertiary alicyclic amines) is 2. The summed E-state index contributed by atoms with van der Waals surface area (Å²) in [5, 5.41) is 3.09. The molecule has 232 valence electrons. The van der Waals surface area contributed by atoms with Crippen LogP contribution in [0.3, 0.4) is 0 Å². The van der Waals surface area contributed by atoms with Gasteiger partial charge in [0.1, 0.15) is 12.1 Å². The Morgan fingerprint density at radius 2 is 1.56 bits per heavy atom. The molecule has 9 nitrogen and oxygen atoms in total. The molecule has 0 bridgehead atoms. The molecule has 3 fully saturated rings. The zero-order valence-electron chi connectivity index (χ0n) is 26.7. The van der Waals surface area contributed by atoms with Crippen LogP contribution in [0.5, 0.6) is 0 Å². The lowest BCUT2D eigenvalue weighted by Gasteiger charge is -2.39. The van der Waals surface area contributed by atoms with E-state index >= 15 is 0 Å². The number of nitrogens with one attached hydrogen (secondary N) is 1. The van der Waals surface area contributed by atoms with E-state index in [1.807, 2.05) is 33.8 Å². The second kappa shape index (κ2) is 14.7. The Morgan fingerprint density at radius 1 is 0.902 bits per heavy atom. The van der Waals surface area contributed by atoms with Crippen molar-refractivity contribution in [3.8, 4) is 0 Å². The number of esters is 1. The molecule has 0 aromatic rings. The van der Waals surface area contributed by atoms with Gasteiger partial charge in [-0.1, -0.05) is 40.2 Å². The van der Waals surface area contributed by atoms with Crippen molar-refractivity contribution >= 4 is 23.7 Å². The Morgan fingerprint density at radius 3 is 2.15 bits per heavy atom. The van der Waals surface area contributed by atoms with Gasteiger partial charge in [0.05, 0.1) is 18.7 Å². The third-order valence-corrected chi connectivity index (χ3v) is 8.92. The quantitative estimate of drug-likeness (QED) is 0.282. The van der Waals surface area contributed by atoms with Gasteiger partial charge in [0.2, 0.25) is 17.7 Å². The summed E-state index contributed by atoms with van der Waals surface area (Å²) in [5.41, 5.74) is 0.505. The number of hydrogen-bond donors (Lipinski definition) is 1. The summed E-state index contributed by atoms with van der Waals surface area (Å²) in [4.78, 5) is 59.0. The number of likely N-dealkylation sites (N-methyl/N-ethyl adjacent to an activating group) is 1. The molecule has 1 saturated carbocycles. The van der Waals surface area contributed by atoms with Crippen molar-refractivity contribution in [3.05, 3.63) is 11.6 Å². The highest BCUT2D eigenvalue weighted by molar-refractivity contribution is 5.96. The van der Waals surface area contributed by atoms with Crippen LogP contribution in [0.15, 0.2) is 11.6 Å². The van der Waals surface area contributed by atoms with Gasteiger partial charge >= 0.3 is 5.97 Å². The van der Waals surface area contributed by atoms with Gasteiger partial charge in [-0.05, 0) is 83.6 Å². The molecular weight excluding hydrogens is 520 g/mol. The number of carbonyl (C=O) groups excluding carboxylic acids is 4. The van der Waals surface area contributed by atoms with Crippen molar-refractivity contribution in [2.45, 2.75) is 124 Å². The predicted octanol–water partition coefficient (Wildman–Crippen LogP) is 3.76. The van der Waals surface area contributed by atoms with Gasteiger partial charge in [-0.25, -0.2) is 4.79 Å². The highest BCUT2D eigenvalue weighted by atomic mass is 16.5. The van der Waals surface area contributed by atoms with Gasteiger partial charge in [-0.2, -0.15) is 0 Å². The van der Waals surface area contributed by atoms with Gasteiger partial charge in [-0.15, -0.1) is 0 Å². The van der Waals surface area contributed by atoms with Gasteiger partial charge in [0, 0.05) is 25.2 Å². The molecule has 1 unspecified atom stereocenters. The van der Waals surface area contributed by atoms with Crippen molar-refractivity contribution in [2.75, 3.05) is 26.7 Å². The van der Waals surface area contributed by atoms with Crippen LogP contribution in [-0.4, -0.2) is 95.3 Å². The van der Waals surface area contributed by atoms with Gasteiger partial charge in [0.15, 0.2) is 0 Å². The van der Waals surface area contributed by atoms with Gasteiger partial charge in [-0.3, -0.25) is 19.3 Å². The summed E-state index contributed by atoms with van der Waals surface area (Å²) in [7, 11) is 1.75. The summed E-state index contributed by atoms with van der Waals surface area (Å²) in [5.74, 6) is -0.356. The van der Waals surface area contributed by atoms with Crippen molar-refractivity contribution in [1.29, 1.82) is 0 Å². The number of carbonyl (C=O) groups is 4. The number of nitrogens with zero attached hydrogens (tertiary/aromatic N) is 3. The van der Waals surface area contributed by atoms with E-state index in [0.29, 0.717) is 31.1 Å². The predicted molar refractivity (Wildman–Crippen MR) is 160 cm³/mol. The number of piperidine rings is 1. The van der Waals surface area contributed by atoms with Crippen LogP contribution in [0.1, 0.15) is 93.4 Å². The second-order valence-corrected chi connectivity index (χ2v) is 13.3. The lowest BCUT2D eigenvalue weighted by molar-refractivity contribution is -0.152. The van der Waals surface area contributed by atoms with Crippen LogP contribution < -0.4 is 5.32 Å². The molecule has 0 spiro atoms. The topological polar surface area (TPSA) is 99.3 Å². The summed E-state index contributed by atoms with van der Waals surface area (Å²) in [6.45, 7) is 15.7. The van der Waals surface area contributed by atoms with Crippen molar-refractivity contribution < 1.29 is 23.9 Å². The van der Waals surface area contributed by atoms with E-state index in [0.717, 1.165) is 45.1 Å². The Kier molecular flexibility index (Phi) is 11.8. The number of hydrogen-bond acceptors (Lipinski definition) is 6. The minimum Gasteiger partial charge on any atom is -0.464 e. The van der Waals surface area contributed by atoms with Crippen molar-refractivity contribution in [3.63, 3.8) is 0 Å². The highest BCUT2D eigenvalue weighted by Gasteiger charge is 2.38. The molecule has 3 rings (SSSR count). The van der Waals surface area contributed by atoms with E-state index in [2.05, 4.69) is 24.1 Å². The van der Waals surface area contributed by atoms with Crippen LogP contribution in [0.2, 0.25) is 0 Å². The third-order valence-electron chi connectivity index (χ3n) is 8.92.